The van der Waals surface area contributed by atoms with Gasteiger partial charge in [-0.15, -0.1) is 0 Å². The molecule has 1 aliphatic heterocycles. The molecular weight excluding hydrogens is 256 g/mol. The van der Waals surface area contributed by atoms with Gasteiger partial charge < -0.3 is 20.3 Å². The molecule has 1 atom stereocenters. The Morgan fingerprint density at radius 1 is 1.55 bits per heavy atom. The maximum atomic E-state index is 10.6. The first kappa shape index (κ1) is 14.7. The lowest BCUT2D eigenvalue weighted by molar-refractivity contribution is -0.389. The number of nitrogens with zero attached hydrogens (tertiary/aromatic N) is 3. The van der Waals surface area contributed by atoms with Crippen LogP contribution in [0.2, 0.25) is 0 Å². The van der Waals surface area contributed by atoms with Crippen LogP contribution in [0.1, 0.15) is 26.2 Å². The van der Waals surface area contributed by atoms with Gasteiger partial charge in [0.1, 0.15) is 0 Å². The maximum absolute atomic E-state index is 10.6. The van der Waals surface area contributed by atoms with Crippen molar-refractivity contribution in [2.45, 2.75) is 26.2 Å². The lowest BCUT2D eigenvalue weighted by atomic mass is 9.99. The van der Waals surface area contributed by atoms with Gasteiger partial charge >= 0.3 is 5.82 Å². The van der Waals surface area contributed by atoms with E-state index in [-0.39, 0.29) is 5.82 Å². The predicted octanol–water partition coefficient (Wildman–Crippen LogP) is 2.21. The minimum absolute atomic E-state index is 0.0930. The first-order valence-corrected chi connectivity index (χ1v) is 7.26. The third-order valence-corrected chi connectivity index (χ3v) is 3.66. The molecule has 0 bridgehead atoms. The quantitative estimate of drug-likeness (QED) is 0.638. The van der Waals surface area contributed by atoms with Crippen molar-refractivity contribution < 1.29 is 4.92 Å². The molecule has 1 fully saturated rings. The van der Waals surface area contributed by atoms with Crippen molar-refractivity contribution in [2.24, 2.45) is 5.92 Å². The first-order valence-electron chi connectivity index (χ1n) is 7.26. The molecule has 1 N–H and O–H groups in total. The summed E-state index contributed by atoms with van der Waals surface area (Å²) < 4.78 is 0. The van der Waals surface area contributed by atoms with E-state index in [4.69, 9.17) is 0 Å². The molecule has 2 rings (SSSR count). The summed E-state index contributed by atoms with van der Waals surface area (Å²) in [5, 5.41) is 14.1. The zero-order valence-electron chi connectivity index (χ0n) is 11.9. The highest BCUT2D eigenvalue weighted by Gasteiger charge is 2.18. The van der Waals surface area contributed by atoms with Crippen molar-refractivity contribution in [2.75, 3.05) is 31.1 Å². The Balaban J connectivity index is 2.04. The number of hydrogen-bond donors (Lipinski definition) is 1. The molecule has 1 aromatic rings. The van der Waals surface area contributed by atoms with E-state index in [1.807, 2.05) is 0 Å². The van der Waals surface area contributed by atoms with Gasteiger partial charge in [0.2, 0.25) is 0 Å². The lowest BCUT2D eigenvalue weighted by Crippen LogP contribution is -2.38. The lowest BCUT2D eigenvalue weighted by Gasteiger charge is -2.30. The van der Waals surface area contributed by atoms with Crippen molar-refractivity contribution in [3.8, 4) is 0 Å². The van der Waals surface area contributed by atoms with Crippen LogP contribution in [0, 0.1) is 16.0 Å². The van der Waals surface area contributed by atoms with Crippen LogP contribution in [0.25, 0.3) is 0 Å². The molecule has 6 nitrogen and oxygen atoms in total. The average molecular weight is 278 g/mol. The largest absolute Gasteiger partial charge is 0.368 e. The summed E-state index contributed by atoms with van der Waals surface area (Å²) in [6, 6.07) is 3.29. The molecule has 0 amide bonds. The molecule has 20 heavy (non-hydrogen) atoms. The zero-order chi connectivity index (χ0) is 14.4. The zero-order valence-corrected chi connectivity index (χ0v) is 11.9. The minimum atomic E-state index is -0.459. The summed E-state index contributed by atoms with van der Waals surface area (Å²) in [7, 11) is 0. The Morgan fingerprint density at radius 2 is 2.40 bits per heavy atom. The van der Waals surface area contributed by atoms with Gasteiger partial charge in [-0.1, -0.05) is 6.92 Å². The fourth-order valence-electron chi connectivity index (χ4n) is 2.66. The summed E-state index contributed by atoms with van der Waals surface area (Å²) in [4.78, 5) is 16.4. The van der Waals surface area contributed by atoms with E-state index < -0.39 is 4.92 Å². The van der Waals surface area contributed by atoms with Crippen molar-refractivity contribution in [1.82, 2.24) is 10.3 Å². The van der Waals surface area contributed by atoms with Crippen LogP contribution in [-0.2, 0) is 0 Å². The van der Waals surface area contributed by atoms with Gasteiger partial charge in [0.05, 0.1) is 5.69 Å². The van der Waals surface area contributed by atoms with Crippen LogP contribution in [0.15, 0.2) is 18.3 Å². The molecule has 0 aliphatic carbocycles. The van der Waals surface area contributed by atoms with Crippen molar-refractivity contribution in [3.05, 3.63) is 28.4 Å². The van der Waals surface area contributed by atoms with E-state index in [0.717, 1.165) is 38.3 Å². The van der Waals surface area contributed by atoms with Crippen molar-refractivity contribution in [3.63, 3.8) is 0 Å². The number of hydrogen-bond acceptors (Lipinski definition) is 5. The number of nitro groups is 1. The second kappa shape index (κ2) is 7.19. The van der Waals surface area contributed by atoms with E-state index in [1.165, 1.54) is 18.9 Å². The Labute approximate surface area is 119 Å². The summed E-state index contributed by atoms with van der Waals surface area (Å²) in [6.45, 7) is 6.26. The number of pyridine rings is 1. The Morgan fingerprint density at radius 3 is 2.95 bits per heavy atom. The summed E-state index contributed by atoms with van der Waals surface area (Å²) in [6.07, 6.45) is 5.14. The second-order valence-electron chi connectivity index (χ2n) is 5.29. The van der Waals surface area contributed by atoms with Crippen LogP contribution in [0.5, 0.6) is 0 Å². The molecule has 0 aromatic carbocycles. The van der Waals surface area contributed by atoms with Crippen molar-refractivity contribution >= 4 is 11.5 Å². The highest BCUT2D eigenvalue weighted by Crippen LogP contribution is 2.20. The fraction of sp³-hybridized carbons (Fsp3) is 0.643. The van der Waals surface area contributed by atoms with Crippen LogP contribution >= 0.6 is 0 Å². The first-order chi connectivity index (χ1) is 9.70. The van der Waals surface area contributed by atoms with Crippen LogP contribution in [0.3, 0.4) is 0 Å². The Kier molecular flexibility index (Phi) is 5.29. The molecule has 6 heteroatoms. The number of piperidine rings is 1. The monoisotopic (exact) mass is 278 g/mol. The van der Waals surface area contributed by atoms with E-state index in [2.05, 4.69) is 22.1 Å². The fourth-order valence-corrected chi connectivity index (χ4v) is 2.66. The molecule has 110 valence electrons. The predicted molar refractivity (Wildman–Crippen MR) is 79.0 cm³/mol. The van der Waals surface area contributed by atoms with E-state index >= 15 is 0 Å². The maximum Gasteiger partial charge on any atom is 0.363 e. The molecule has 0 spiro atoms. The van der Waals surface area contributed by atoms with E-state index in [0.29, 0.717) is 5.92 Å². The van der Waals surface area contributed by atoms with Gasteiger partial charge in [0.25, 0.3) is 0 Å². The third kappa shape index (κ3) is 3.90. The van der Waals surface area contributed by atoms with Crippen LogP contribution in [0.4, 0.5) is 11.5 Å². The highest BCUT2D eigenvalue weighted by atomic mass is 16.6. The number of aromatic nitrogens is 1. The number of anilines is 1. The summed E-state index contributed by atoms with van der Waals surface area (Å²) >= 11 is 0. The van der Waals surface area contributed by atoms with Gasteiger partial charge in [0, 0.05) is 19.2 Å². The van der Waals surface area contributed by atoms with Gasteiger partial charge in [-0.05, 0) is 54.2 Å². The molecule has 1 aliphatic rings. The average Bonchev–Trinajstić information content (AvgIpc) is 2.48. The van der Waals surface area contributed by atoms with Gasteiger partial charge in [-0.25, -0.2) is 0 Å². The van der Waals surface area contributed by atoms with Crippen LogP contribution < -0.4 is 10.2 Å². The van der Waals surface area contributed by atoms with Crippen LogP contribution in [-0.4, -0.2) is 36.1 Å². The van der Waals surface area contributed by atoms with E-state index in [9.17, 15) is 10.1 Å². The number of rotatable bonds is 6. The second-order valence-corrected chi connectivity index (χ2v) is 5.29. The summed E-state index contributed by atoms with van der Waals surface area (Å²) in [5.74, 6) is 0.551. The van der Waals surface area contributed by atoms with Gasteiger partial charge in [-0.2, -0.15) is 0 Å². The Hall–Kier alpha value is -1.69. The molecule has 1 saturated heterocycles. The number of nitrogens with one attached hydrogen (secondary N) is 1. The molecule has 1 aromatic heterocycles. The smallest absolute Gasteiger partial charge is 0.363 e. The molecule has 2 heterocycles. The normalized spacial score (nSPS) is 18.8. The van der Waals surface area contributed by atoms with Gasteiger partial charge in [0.15, 0.2) is 6.20 Å². The SMILES string of the molecule is CCCN(CC1CCCNC1)c1ccc([N+](=O)[O-])nc1. The highest BCUT2D eigenvalue weighted by molar-refractivity contribution is 5.46. The Bertz CT molecular complexity index is 429. The van der Waals surface area contributed by atoms with Gasteiger partial charge in [-0.3, -0.25) is 0 Å². The summed E-state index contributed by atoms with van der Waals surface area (Å²) in [5.41, 5.74) is 0.975. The minimum Gasteiger partial charge on any atom is -0.368 e. The molecular formula is C14H22N4O2. The molecule has 0 saturated carbocycles. The standard InChI is InChI=1S/C14H22N4O2/c1-2-8-17(11-12-4-3-7-15-9-12)13-5-6-14(16-10-13)18(19)20/h5-6,10,12,15H,2-4,7-9,11H2,1H3. The van der Waals surface area contributed by atoms with E-state index in [1.54, 1.807) is 12.3 Å². The third-order valence-electron chi connectivity index (χ3n) is 3.66. The van der Waals surface area contributed by atoms with Crippen molar-refractivity contribution in [1.29, 1.82) is 0 Å². The molecule has 0 radical (unpaired) electrons. The molecule has 1 unspecified atom stereocenters. The topological polar surface area (TPSA) is 71.3 Å².